The molecule has 0 bridgehead atoms. The summed E-state index contributed by atoms with van der Waals surface area (Å²) in [6, 6.07) is -0.259. The van der Waals surface area contributed by atoms with E-state index in [1.54, 1.807) is 6.92 Å². The Labute approximate surface area is 36.3 Å². The van der Waals surface area contributed by atoms with Gasteiger partial charge in [-0.2, -0.15) is 0 Å². The first-order valence-electron chi connectivity index (χ1n) is 1.77. The highest BCUT2D eigenvalue weighted by Gasteiger charge is 2.01. The molecule has 3 heteroatoms. The second kappa shape index (κ2) is 1.77. The van der Waals surface area contributed by atoms with Crippen LogP contribution in [0, 0.1) is 0 Å². The van der Waals surface area contributed by atoms with Crippen molar-refractivity contribution < 1.29 is 10.5 Å². The molecule has 0 unspecified atom stereocenters. The maximum absolute atomic E-state index is 9.86. The molecular formula is C3H9N2O+. The standard InChI is InChI=1S/C3H8N2O/c1-2(4)3(5)6/h2H,4H2,1H3,(H2,5,6)/p+1/t2-/m1/s1. The zero-order valence-electron chi connectivity index (χ0n) is 3.77. The van der Waals surface area contributed by atoms with Crippen molar-refractivity contribution in [2.75, 3.05) is 0 Å². The third-order valence-electron chi connectivity index (χ3n) is 0.486. The largest absolute Gasteiger partial charge is 0.365 e. The van der Waals surface area contributed by atoms with Crippen LogP contribution in [0.5, 0.6) is 0 Å². The van der Waals surface area contributed by atoms with E-state index in [-0.39, 0.29) is 11.9 Å². The summed E-state index contributed by atoms with van der Waals surface area (Å²) in [5.41, 5.74) is 8.10. The van der Waals surface area contributed by atoms with Crippen molar-refractivity contribution in [3.8, 4) is 0 Å². The number of amides is 1. The number of quaternary nitrogens is 1. The molecule has 0 radical (unpaired) electrons. The van der Waals surface area contributed by atoms with Gasteiger partial charge in [0, 0.05) is 0 Å². The molecule has 0 aromatic carbocycles. The van der Waals surface area contributed by atoms with Crippen LogP contribution in [0.15, 0.2) is 0 Å². The van der Waals surface area contributed by atoms with Crippen LogP contribution in [0.1, 0.15) is 6.92 Å². The normalized spacial score (nSPS) is 13.7. The van der Waals surface area contributed by atoms with Gasteiger partial charge in [0.1, 0.15) is 0 Å². The predicted molar refractivity (Wildman–Crippen MR) is 21.5 cm³/mol. The van der Waals surface area contributed by atoms with Crippen molar-refractivity contribution >= 4 is 5.91 Å². The first kappa shape index (κ1) is 5.43. The van der Waals surface area contributed by atoms with Crippen LogP contribution >= 0.6 is 0 Å². The quantitative estimate of drug-likeness (QED) is 0.387. The fourth-order valence-corrected chi connectivity index (χ4v) is 0. The fraction of sp³-hybridized carbons (Fsp3) is 0.667. The number of carbonyl (C=O) groups excluding carboxylic acids is 1. The van der Waals surface area contributed by atoms with Crippen molar-refractivity contribution in [2.45, 2.75) is 13.0 Å². The molecule has 0 saturated heterocycles. The molecule has 1 amide bonds. The number of hydrogen-bond acceptors (Lipinski definition) is 1. The SMILES string of the molecule is C[C@@H]([NH3+])C(N)=O. The fourth-order valence-electron chi connectivity index (χ4n) is 0. The molecule has 0 rings (SSSR count). The number of hydrogen-bond donors (Lipinski definition) is 2. The summed E-state index contributed by atoms with van der Waals surface area (Å²) < 4.78 is 0. The minimum Gasteiger partial charge on any atom is -0.365 e. The minimum atomic E-state index is -0.352. The molecule has 0 aliphatic heterocycles. The van der Waals surface area contributed by atoms with Crippen molar-refractivity contribution in [3.63, 3.8) is 0 Å². The lowest BCUT2D eigenvalue weighted by atomic mass is 10.4. The summed E-state index contributed by atoms with van der Waals surface area (Å²) >= 11 is 0. The van der Waals surface area contributed by atoms with E-state index in [1.807, 2.05) is 0 Å². The van der Waals surface area contributed by atoms with E-state index in [1.165, 1.54) is 0 Å². The Morgan fingerprint density at radius 3 is 2.17 bits per heavy atom. The molecule has 0 fully saturated rings. The molecule has 0 spiro atoms. The molecule has 0 saturated carbocycles. The van der Waals surface area contributed by atoms with Crippen LogP contribution in [-0.4, -0.2) is 11.9 Å². The van der Waals surface area contributed by atoms with E-state index in [0.717, 1.165) is 0 Å². The lowest BCUT2D eigenvalue weighted by Gasteiger charge is -1.88. The summed E-state index contributed by atoms with van der Waals surface area (Å²) in [7, 11) is 0. The van der Waals surface area contributed by atoms with Gasteiger partial charge in [-0.15, -0.1) is 0 Å². The van der Waals surface area contributed by atoms with E-state index < -0.39 is 0 Å². The Kier molecular flexibility index (Phi) is 1.60. The second-order valence-electron chi connectivity index (χ2n) is 1.30. The number of primary amides is 1. The average Bonchev–Trinajstić information content (AvgIpc) is 1.36. The monoisotopic (exact) mass is 89.1 g/mol. The van der Waals surface area contributed by atoms with E-state index in [4.69, 9.17) is 5.73 Å². The summed E-state index contributed by atoms with van der Waals surface area (Å²) in [6.07, 6.45) is 0. The summed E-state index contributed by atoms with van der Waals surface area (Å²) in [5, 5.41) is 0. The van der Waals surface area contributed by atoms with Gasteiger partial charge in [-0.25, -0.2) is 0 Å². The third-order valence-corrected chi connectivity index (χ3v) is 0.486. The molecule has 0 heterocycles. The van der Waals surface area contributed by atoms with Gasteiger partial charge in [0.15, 0.2) is 6.04 Å². The Bertz CT molecular complexity index is 59.8. The van der Waals surface area contributed by atoms with Crippen LogP contribution < -0.4 is 11.5 Å². The molecule has 3 nitrogen and oxygen atoms in total. The van der Waals surface area contributed by atoms with Gasteiger partial charge >= 0.3 is 0 Å². The predicted octanol–water partition coefficient (Wildman–Crippen LogP) is -1.90. The molecule has 6 heavy (non-hydrogen) atoms. The van der Waals surface area contributed by atoms with Crippen molar-refractivity contribution in [1.82, 2.24) is 0 Å². The van der Waals surface area contributed by atoms with Crippen LogP contribution in [0.2, 0.25) is 0 Å². The molecular weight excluding hydrogens is 80.0 g/mol. The van der Waals surface area contributed by atoms with Gasteiger partial charge in [-0.1, -0.05) is 0 Å². The molecule has 0 aromatic heterocycles. The zero-order chi connectivity index (χ0) is 5.15. The van der Waals surface area contributed by atoms with Crippen LogP contribution in [0.25, 0.3) is 0 Å². The third kappa shape index (κ3) is 1.72. The molecule has 5 N–H and O–H groups in total. The highest BCUT2D eigenvalue weighted by Crippen LogP contribution is 1.60. The zero-order valence-corrected chi connectivity index (χ0v) is 3.77. The van der Waals surface area contributed by atoms with Crippen molar-refractivity contribution in [2.24, 2.45) is 5.73 Å². The summed E-state index contributed by atoms with van der Waals surface area (Å²) in [5.74, 6) is -0.352. The molecule has 0 aliphatic carbocycles. The summed E-state index contributed by atoms with van der Waals surface area (Å²) in [4.78, 5) is 9.86. The summed E-state index contributed by atoms with van der Waals surface area (Å²) in [6.45, 7) is 1.66. The van der Waals surface area contributed by atoms with Crippen LogP contribution in [0.4, 0.5) is 0 Å². The van der Waals surface area contributed by atoms with Crippen LogP contribution in [0.3, 0.4) is 0 Å². The number of nitrogens with two attached hydrogens (primary N) is 1. The van der Waals surface area contributed by atoms with Gasteiger partial charge in [-0.3, -0.25) is 4.79 Å². The maximum Gasteiger partial charge on any atom is 0.275 e. The Morgan fingerprint density at radius 2 is 2.17 bits per heavy atom. The minimum absolute atomic E-state index is 0.259. The van der Waals surface area contributed by atoms with Gasteiger partial charge in [0.25, 0.3) is 5.91 Å². The first-order chi connectivity index (χ1) is 2.64. The Hall–Kier alpha value is -0.570. The lowest BCUT2D eigenvalue weighted by molar-refractivity contribution is -0.397. The van der Waals surface area contributed by atoms with Crippen molar-refractivity contribution in [3.05, 3.63) is 0 Å². The van der Waals surface area contributed by atoms with E-state index in [0.29, 0.717) is 0 Å². The average molecular weight is 89.1 g/mol. The smallest absolute Gasteiger partial charge is 0.275 e. The molecule has 0 aliphatic rings. The first-order valence-corrected chi connectivity index (χ1v) is 1.77. The Balaban J connectivity index is 3.26. The van der Waals surface area contributed by atoms with E-state index in [9.17, 15) is 4.79 Å². The topological polar surface area (TPSA) is 70.7 Å². The van der Waals surface area contributed by atoms with Crippen molar-refractivity contribution in [1.29, 1.82) is 0 Å². The highest BCUT2D eigenvalue weighted by molar-refractivity contribution is 5.77. The highest BCUT2D eigenvalue weighted by atomic mass is 16.1. The van der Waals surface area contributed by atoms with Gasteiger partial charge in [0.05, 0.1) is 0 Å². The van der Waals surface area contributed by atoms with E-state index in [2.05, 4.69) is 5.73 Å². The van der Waals surface area contributed by atoms with Gasteiger partial charge in [-0.05, 0) is 6.92 Å². The maximum atomic E-state index is 9.86. The van der Waals surface area contributed by atoms with Gasteiger partial charge in [0.2, 0.25) is 0 Å². The van der Waals surface area contributed by atoms with Crippen LogP contribution in [-0.2, 0) is 4.79 Å². The molecule has 1 atom stereocenters. The number of rotatable bonds is 1. The number of carbonyl (C=O) groups is 1. The second-order valence-corrected chi connectivity index (χ2v) is 1.30. The molecule has 0 aromatic rings. The van der Waals surface area contributed by atoms with E-state index >= 15 is 0 Å². The molecule has 36 valence electrons. The lowest BCUT2D eigenvalue weighted by Crippen LogP contribution is -2.64. The Morgan fingerprint density at radius 1 is 2.00 bits per heavy atom. The van der Waals surface area contributed by atoms with Gasteiger partial charge < -0.3 is 11.5 Å².